The smallest absolute Gasteiger partial charge is 0.207 e. The molecule has 100 valence electrons. The summed E-state index contributed by atoms with van der Waals surface area (Å²) < 4.78 is 26.9. The molecule has 0 unspecified atom stereocenters. The summed E-state index contributed by atoms with van der Waals surface area (Å²) in [7, 11) is -3.34. The fourth-order valence-corrected chi connectivity index (χ4v) is 4.67. The van der Waals surface area contributed by atoms with Crippen molar-refractivity contribution in [1.82, 2.24) is 4.31 Å². The molecule has 0 heterocycles. The van der Waals surface area contributed by atoms with Crippen LogP contribution in [0.25, 0.3) is 0 Å². The maximum absolute atomic E-state index is 12.6. The second-order valence-corrected chi connectivity index (χ2v) is 7.46. The number of halogens is 1. The Labute approximate surface area is 117 Å². The second kappa shape index (κ2) is 5.31. The molecule has 0 N–H and O–H groups in total. The minimum absolute atomic E-state index is 0.202. The molecule has 0 spiro atoms. The Hall–Kier alpha value is -0.390. The van der Waals surface area contributed by atoms with Crippen LogP contribution >= 0.6 is 15.9 Å². The van der Waals surface area contributed by atoms with E-state index in [0.717, 1.165) is 24.0 Å². The van der Waals surface area contributed by atoms with Crippen molar-refractivity contribution >= 4 is 26.0 Å². The van der Waals surface area contributed by atoms with Crippen LogP contribution in [0, 0.1) is 13.8 Å². The highest BCUT2D eigenvalue weighted by atomic mass is 79.9. The van der Waals surface area contributed by atoms with Crippen LogP contribution < -0.4 is 0 Å². The highest BCUT2D eigenvalue weighted by molar-refractivity contribution is 9.09. The fraction of sp³-hybridized carbons (Fsp3) is 0.538. The lowest BCUT2D eigenvalue weighted by Crippen LogP contribution is -2.35. The Bertz CT molecular complexity index is 538. The third kappa shape index (κ3) is 2.78. The highest BCUT2D eigenvalue weighted by Crippen LogP contribution is 2.33. The van der Waals surface area contributed by atoms with Crippen LogP contribution in [0.5, 0.6) is 0 Å². The Morgan fingerprint density at radius 2 is 2.00 bits per heavy atom. The summed E-state index contributed by atoms with van der Waals surface area (Å²) in [5, 5.41) is 0.674. The van der Waals surface area contributed by atoms with E-state index in [1.807, 2.05) is 26.0 Å². The van der Waals surface area contributed by atoms with Crippen LogP contribution in [0.1, 0.15) is 24.0 Å². The summed E-state index contributed by atoms with van der Waals surface area (Å²) in [5.41, 5.74) is 1.92. The molecule has 1 fully saturated rings. The molecule has 0 aliphatic heterocycles. The molecular weight excluding hydrogens is 314 g/mol. The Morgan fingerprint density at radius 1 is 1.33 bits per heavy atom. The van der Waals surface area contributed by atoms with Gasteiger partial charge < -0.3 is 0 Å². The van der Waals surface area contributed by atoms with Gasteiger partial charge >= 0.3 is 0 Å². The topological polar surface area (TPSA) is 37.4 Å². The minimum atomic E-state index is -3.34. The zero-order valence-corrected chi connectivity index (χ0v) is 13.1. The largest absolute Gasteiger partial charge is 0.243 e. The van der Waals surface area contributed by atoms with E-state index in [0.29, 0.717) is 16.8 Å². The number of hydrogen-bond acceptors (Lipinski definition) is 2. The van der Waals surface area contributed by atoms with Crippen LogP contribution in [-0.2, 0) is 10.0 Å². The molecule has 1 aromatic carbocycles. The predicted octanol–water partition coefficient (Wildman–Crippen LogP) is 2.85. The third-order valence-corrected chi connectivity index (χ3v) is 5.64. The summed E-state index contributed by atoms with van der Waals surface area (Å²) in [6, 6.07) is 5.71. The summed E-state index contributed by atoms with van der Waals surface area (Å²) in [6.07, 6.45) is 1.97. The molecule has 3 nitrogen and oxygen atoms in total. The molecule has 5 heteroatoms. The molecule has 1 aliphatic carbocycles. The average Bonchev–Trinajstić information content (AvgIpc) is 3.08. The molecule has 0 atom stereocenters. The van der Waals surface area contributed by atoms with Crippen LogP contribution in [-0.4, -0.2) is 30.6 Å². The van der Waals surface area contributed by atoms with Gasteiger partial charge in [-0.25, -0.2) is 8.42 Å². The van der Waals surface area contributed by atoms with Gasteiger partial charge in [-0.2, -0.15) is 4.31 Å². The van der Waals surface area contributed by atoms with Gasteiger partial charge in [-0.15, -0.1) is 0 Å². The first-order valence-corrected chi connectivity index (χ1v) is 8.68. The molecule has 0 aromatic heterocycles. The molecular formula is C13H18BrNO2S. The van der Waals surface area contributed by atoms with Gasteiger partial charge in [0.2, 0.25) is 10.0 Å². The molecule has 1 aliphatic rings. The summed E-state index contributed by atoms with van der Waals surface area (Å²) >= 11 is 3.34. The zero-order chi connectivity index (χ0) is 13.3. The van der Waals surface area contributed by atoms with Crippen molar-refractivity contribution < 1.29 is 8.42 Å². The normalized spacial score (nSPS) is 16.2. The van der Waals surface area contributed by atoms with E-state index in [2.05, 4.69) is 15.9 Å². The van der Waals surface area contributed by atoms with Crippen molar-refractivity contribution in [3.63, 3.8) is 0 Å². The van der Waals surface area contributed by atoms with Crippen molar-refractivity contribution in [3.8, 4) is 0 Å². The Kier molecular flexibility index (Phi) is 4.14. The van der Waals surface area contributed by atoms with Crippen molar-refractivity contribution in [2.24, 2.45) is 0 Å². The maximum Gasteiger partial charge on any atom is 0.243 e. The Balaban J connectivity index is 2.39. The maximum atomic E-state index is 12.6. The first kappa shape index (κ1) is 14.0. The number of nitrogens with zero attached hydrogens (tertiary/aromatic N) is 1. The van der Waals surface area contributed by atoms with E-state index in [1.54, 1.807) is 10.4 Å². The van der Waals surface area contributed by atoms with Crippen molar-refractivity contribution in [1.29, 1.82) is 0 Å². The lowest BCUT2D eigenvalue weighted by atomic mass is 10.2. The van der Waals surface area contributed by atoms with Gasteiger partial charge in [0.15, 0.2) is 0 Å². The minimum Gasteiger partial charge on any atom is -0.207 e. The predicted molar refractivity (Wildman–Crippen MR) is 76.6 cm³/mol. The second-order valence-electron chi connectivity index (χ2n) is 4.80. The molecule has 1 saturated carbocycles. The number of alkyl halides is 1. The first-order chi connectivity index (χ1) is 8.46. The van der Waals surface area contributed by atoms with Gasteiger partial charge in [0.05, 0.1) is 4.90 Å². The highest BCUT2D eigenvalue weighted by Gasteiger charge is 2.37. The van der Waals surface area contributed by atoms with Crippen LogP contribution in [0.3, 0.4) is 0 Å². The van der Waals surface area contributed by atoms with Crippen LogP contribution in [0.4, 0.5) is 0 Å². The first-order valence-electron chi connectivity index (χ1n) is 6.12. The summed E-state index contributed by atoms with van der Waals surface area (Å²) in [6.45, 7) is 4.37. The number of rotatable bonds is 5. The Morgan fingerprint density at radius 3 is 2.50 bits per heavy atom. The van der Waals surface area contributed by atoms with E-state index >= 15 is 0 Å². The molecule has 0 radical (unpaired) electrons. The van der Waals surface area contributed by atoms with E-state index in [4.69, 9.17) is 0 Å². The lowest BCUT2D eigenvalue weighted by molar-refractivity contribution is 0.424. The molecule has 2 rings (SSSR count). The van der Waals surface area contributed by atoms with E-state index < -0.39 is 10.0 Å². The van der Waals surface area contributed by atoms with Crippen molar-refractivity contribution in [2.45, 2.75) is 37.6 Å². The lowest BCUT2D eigenvalue weighted by Gasteiger charge is -2.22. The fourth-order valence-electron chi connectivity index (χ4n) is 2.16. The van der Waals surface area contributed by atoms with Crippen LogP contribution in [0.15, 0.2) is 23.1 Å². The molecule has 0 bridgehead atoms. The van der Waals surface area contributed by atoms with E-state index in [9.17, 15) is 8.42 Å². The molecule has 0 saturated heterocycles. The van der Waals surface area contributed by atoms with Crippen molar-refractivity contribution in [2.75, 3.05) is 11.9 Å². The number of sulfonamides is 1. The van der Waals surface area contributed by atoms with Gasteiger partial charge in [0.25, 0.3) is 0 Å². The van der Waals surface area contributed by atoms with Gasteiger partial charge in [-0.05, 0) is 38.3 Å². The van der Waals surface area contributed by atoms with Gasteiger partial charge in [0, 0.05) is 17.9 Å². The quantitative estimate of drug-likeness (QED) is 0.778. The summed E-state index contributed by atoms with van der Waals surface area (Å²) in [5.74, 6) is 0. The number of aryl methyl sites for hydroxylation is 2. The number of benzene rings is 1. The number of hydrogen-bond donors (Lipinski definition) is 0. The SMILES string of the molecule is Cc1ccc(S(=O)(=O)N(CCBr)C2CC2)c(C)c1. The monoisotopic (exact) mass is 331 g/mol. The molecule has 1 aromatic rings. The zero-order valence-electron chi connectivity index (χ0n) is 10.7. The standard InChI is InChI=1S/C13H18BrNO2S/c1-10-3-6-13(11(2)9-10)18(16,17)15(8-7-14)12-4-5-12/h3,6,9,12H,4-5,7-8H2,1-2H3. The van der Waals surface area contributed by atoms with Gasteiger partial charge in [0.1, 0.15) is 0 Å². The molecule has 0 amide bonds. The average molecular weight is 332 g/mol. The van der Waals surface area contributed by atoms with E-state index in [1.165, 1.54) is 0 Å². The van der Waals surface area contributed by atoms with Gasteiger partial charge in [-0.3, -0.25) is 0 Å². The van der Waals surface area contributed by atoms with E-state index in [-0.39, 0.29) is 6.04 Å². The summed E-state index contributed by atoms with van der Waals surface area (Å²) in [4.78, 5) is 0.445. The van der Waals surface area contributed by atoms with Crippen LogP contribution in [0.2, 0.25) is 0 Å². The third-order valence-electron chi connectivity index (χ3n) is 3.18. The molecule has 18 heavy (non-hydrogen) atoms. The van der Waals surface area contributed by atoms with Gasteiger partial charge in [-0.1, -0.05) is 33.6 Å². The van der Waals surface area contributed by atoms with Crippen molar-refractivity contribution in [3.05, 3.63) is 29.3 Å².